The van der Waals surface area contributed by atoms with Crippen LogP contribution in [0, 0.1) is 0 Å². The number of hydrogen-bond acceptors (Lipinski definition) is 4. The van der Waals surface area contributed by atoms with Crippen LogP contribution in [0.4, 0.5) is 0 Å². The van der Waals surface area contributed by atoms with Crippen LogP contribution in [0.2, 0.25) is 0 Å². The van der Waals surface area contributed by atoms with Crippen molar-refractivity contribution in [3.8, 4) is 0 Å². The molecule has 7 heteroatoms. The topological polar surface area (TPSA) is 83.9 Å². The van der Waals surface area contributed by atoms with E-state index in [0.29, 0.717) is 5.56 Å². The molecule has 0 spiro atoms. The third-order valence-corrected chi connectivity index (χ3v) is 6.69. The summed E-state index contributed by atoms with van der Waals surface area (Å²) in [6, 6.07) is 24.3. The molecule has 3 aromatic carbocycles. The van der Waals surface area contributed by atoms with E-state index in [-0.39, 0.29) is 24.2 Å². The van der Waals surface area contributed by atoms with Crippen molar-refractivity contribution in [2.45, 2.75) is 18.8 Å². The van der Waals surface area contributed by atoms with Gasteiger partial charge >= 0.3 is 7.60 Å². The van der Waals surface area contributed by atoms with Crippen molar-refractivity contribution in [3.63, 3.8) is 0 Å². The number of imide groups is 1. The minimum absolute atomic E-state index is 0.00881. The van der Waals surface area contributed by atoms with Gasteiger partial charge in [0, 0.05) is 6.42 Å². The third-order valence-electron chi connectivity index (χ3n) is 5.02. The Morgan fingerprint density at radius 3 is 1.77 bits per heavy atom. The van der Waals surface area contributed by atoms with Crippen molar-refractivity contribution in [1.82, 2.24) is 4.90 Å². The molecule has 0 saturated heterocycles. The Bertz CT molecular complexity index is 1080. The molecule has 3 aromatic rings. The van der Waals surface area contributed by atoms with Gasteiger partial charge in [-0.1, -0.05) is 72.8 Å². The Morgan fingerprint density at radius 1 is 0.767 bits per heavy atom. The van der Waals surface area contributed by atoms with Gasteiger partial charge in [-0.15, -0.1) is 0 Å². The van der Waals surface area contributed by atoms with Crippen molar-refractivity contribution in [1.29, 1.82) is 0 Å². The van der Waals surface area contributed by atoms with E-state index in [0.717, 1.165) is 10.5 Å². The van der Waals surface area contributed by atoms with Gasteiger partial charge in [-0.25, -0.2) is 0 Å². The Morgan fingerprint density at radius 2 is 1.23 bits per heavy atom. The number of benzene rings is 3. The summed E-state index contributed by atoms with van der Waals surface area (Å²) in [6.07, 6.45) is 0.00881. The lowest BCUT2D eigenvalue weighted by molar-refractivity contribution is 0.0605. The predicted octanol–water partition coefficient (Wildman–Crippen LogP) is 4.25. The van der Waals surface area contributed by atoms with Crippen LogP contribution in [-0.4, -0.2) is 27.4 Å². The van der Waals surface area contributed by atoms with E-state index in [4.69, 9.17) is 4.52 Å². The summed E-state index contributed by atoms with van der Waals surface area (Å²) >= 11 is 0. The summed E-state index contributed by atoms with van der Waals surface area (Å²) < 4.78 is 18.7. The Labute approximate surface area is 174 Å². The average molecular weight is 421 g/mol. The van der Waals surface area contributed by atoms with Gasteiger partial charge in [0.1, 0.15) is 5.78 Å². The summed E-state index contributed by atoms with van der Waals surface area (Å²) in [6.45, 7) is -0.108. The maximum atomic E-state index is 13.3. The molecule has 6 nitrogen and oxygen atoms in total. The molecule has 0 bridgehead atoms. The van der Waals surface area contributed by atoms with Crippen LogP contribution < -0.4 is 0 Å². The molecule has 30 heavy (non-hydrogen) atoms. The van der Waals surface area contributed by atoms with Crippen LogP contribution in [0.1, 0.15) is 31.8 Å². The third kappa shape index (κ3) is 3.98. The number of carbonyl (C=O) groups excluding carboxylic acids is 2. The second-order valence-electron chi connectivity index (χ2n) is 7.02. The fourth-order valence-electron chi connectivity index (χ4n) is 3.48. The number of fused-ring (bicyclic) bond motifs is 1. The van der Waals surface area contributed by atoms with Crippen molar-refractivity contribution in [3.05, 3.63) is 107 Å². The number of nitrogens with zero attached hydrogens (tertiary/aromatic N) is 1. The lowest BCUT2D eigenvalue weighted by atomic mass is 10.1. The molecule has 1 heterocycles. The molecular formula is C23H20NO5P. The first-order valence-electron chi connectivity index (χ1n) is 9.49. The molecule has 1 aliphatic heterocycles. The van der Waals surface area contributed by atoms with Crippen molar-refractivity contribution in [2.75, 3.05) is 0 Å². The molecule has 4 rings (SSSR count). The highest BCUT2D eigenvalue weighted by molar-refractivity contribution is 7.53. The highest BCUT2D eigenvalue weighted by atomic mass is 31.2. The number of carbonyl (C=O) groups is 2. The van der Waals surface area contributed by atoms with Crippen molar-refractivity contribution in [2.24, 2.45) is 0 Å². The van der Waals surface area contributed by atoms with Gasteiger partial charge in [0.05, 0.1) is 17.7 Å². The van der Waals surface area contributed by atoms with Crippen LogP contribution in [0.3, 0.4) is 0 Å². The molecule has 2 atom stereocenters. The largest absolute Gasteiger partial charge is 0.351 e. The van der Waals surface area contributed by atoms with Crippen LogP contribution in [0.5, 0.6) is 0 Å². The van der Waals surface area contributed by atoms with E-state index < -0.39 is 25.2 Å². The zero-order valence-electron chi connectivity index (χ0n) is 16.0. The van der Waals surface area contributed by atoms with Crippen LogP contribution in [0.25, 0.3) is 0 Å². The van der Waals surface area contributed by atoms with Gasteiger partial charge < -0.3 is 9.42 Å². The number of rotatable bonds is 7. The molecule has 0 saturated carbocycles. The standard InChI is InChI=1S/C23H20NO5P/c25-22-19-13-7-8-14-20(19)23(26)24(22)21(15-17-9-3-1-4-10-17)30(27,28)29-16-18-11-5-2-6-12-18/h1-14,21H,15-16H2,(H,27,28)/t21-/m0/s1. The summed E-state index contributed by atoms with van der Waals surface area (Å²) in [5.74, 6) is -2.51. The van der Waals surface area contributed by atoms with Crippen molar-refractivity contribution < 1.29 is 23.6 Å². The second-order valence-corrected chi connectivity index (χ2v) is 9.00. The maximum Gasteiger partial charge on any atom is 0.351 e. The first-order valence-corrected chi connectivity index (χ1v) is 11.1. The highest BCUT2D eigenvalue weighted by Gasteiger charge is 2.47. The zero-order chi connectivity index (χ0) is 21.1. The summed E-state index contributed by atoms with van der Waals surface area (Å²) in [5, 5.41) is 0. The van der Waals surface area contributed by atoms with Gasteiger partial charge in [0.25, 0.3) is 11.8 Å². The highest BCUT2D eigenvalue weighted by Crippen LogP contribution is 2.52. The average Bonchev–Trinajstić information content (AvgIpc) is 3.02. The molecule has 0 fully saturated rings. The minimum Gasteiger partial charge on any atom is -0.323 e. The van der Waals surface area contributed by atoms with Crippen LogP contribution in [-0.2, 0) is 22.1 Å². The summed E-state index contributed by atoms with van der Waals surface area (Å²) in [7, 11) is -4.40. The van der Waals surface area contributed by atoms with E-state index in [2.05, 4.69) is 0 Å². The zero-order valence-corrected chi connectivity index (χ0v) is 16.9. The van der Waals surface area contributed by atoms with E-state index in [1.807, 2.05) is 12.1 Å². The molecular weight excluding hydrogens is 401 g/mol. The number of hydrogen-bond donors (Lipinski definition) is 1. The van der Waals surface area contributed by atoms with E-state index >= 15 is 0 Å². The fraction of sp³-hybridized carbons (Fsp3) is 0.130. The maximum absolute atomic E-state index is 13.3. The molecule has 152 valence electrons. The molecule has 2 amide bonds. The molecule has 0 aromatic heterocycles. The van der Waals surface area contributed by atoms with Gasteiger partial charge in [-0.3, -0.25) is 19.1 Å². The first kappa shape index (κ1) is 20.2. The monoisotopic (exact) mass is 421 g/mol. The van der Waals surface area contributed by atoms with Crippen LogP contribution in [0.15, 0.2) is 84.9 Å². The van der Waals surface area contributed by atoms with Crippen LogP contribution >= 0.6 is 7.60 Å². The molecule has 0 aliphatic carbocycles. The normalized spacial score (nSPS) is 16.2. The lowest BCUT2D eigenvalue weighted by Gasteiger charge is -2.29. The Balaban J connectivity index is 1.67. The van der Waals surface area contributed by atoms with Gasteiger partial charge in [0.2, 0.25) is 0 Å². The number of amides is 2. The second kappa shape index (κ2) is 8.36. The SMILES string of the molecule is O=C1c2ccccc2C(=O)N1[C@H](Cc1ccccc1)P(=O)(O)OCc1ccccc1. The smallest absolute Gasteiger partial charge is 0.323 e. The molecule has 1 unspecified atom stereocenters. The first-order chi connectivity index (χ1) is 14.5. The van der Waals surface area contributed by atoms with Gasteiger partial charge in [-0.2, -0.15) is 0 Å². The minimum atomic E-state index is -4.40. The van der Waals surface area contributed by atoms with Gasteiger partial charge in [-0.05, 0) is 23.3 Å². The fourth-order valence-corrected chi connectivity index (χ4v) is 4.93. The molecule has 0 radical (unpaired) electrons. The lowest BCUT2D eigenvalue weighted by Crippen LogP contribution is -2.41. The Kier molecular flexibility index (Phi) is 5.64. The Hall–Kier alpha value is -3.05. The van der Waals surface area contributed by atoms with E-state index in [1.165, 1.54) is 0 Å². The van der Waals surface area contributed by atoms with E-state index in [9.17, 15) is 19.0 Å². The van der Waals surface area contributed by atoms with Crippen molar-refractivity contribution >= 4 is 19.4 Å². The summed E-state index contributed by atoms with van der Waals surface area (Å²) in [5.41, 5.74) is 1.89. The quantitative estimate of drug-likeness (QED) is 0.455. The predicted molar refractivity (Wildman–Crippen MR) is 112 cm³/mol. The molecule has 1 aliphatic rings. The summed E-state index contributed by atoms with van der Waals surface area (Å²) in [4.78, 5) is 37.7. The van der Waals surface area contributed by atoms with E-state index in [1.54, 1.807) is 72.8 Å². The van der Waals surface area contributed by atoms with Gasteiger partial charge in [0.15, 0.2) is 0 Å². The molecule has 1 N–H and O–H groups in total.